The molecule has 0 fully saturated rings. The van der Waals surface area contributed by atoms with Crippen molar-refractivity contribution in [2.75, 3.05) is 45.7 Å². The number of halogens is 1. The minimum absolute atomic E-state index is 0. The van der Waals surface area contributed by atoms with Gasteiger partial charge >= 0.3 is 0 Å². The number of unbranched alkanes of at least 4 members (excludes halogenated alkanes) is 3. The maximum atomic E-state index is 11.7. The second-order valence-corrected chi connectivity index (χ2v) is 8.06. The van der Waals surface area contributed by atoms with Crippen LogP contribution in [0.3, 0.4) is 0 Å². The first-order valence-electron chi connectivity index (χ1n) is 8.87. The first kappa shape index (κ1) is 25.5. The predicted octanol–water partition coefficient (Wildman–Crippen LogP) is 3.46. The SMILES string of the molecule is CSCCCCCCNC(=NCC(=O)N(C)C)NCCc1cccs1.I. The minimum Gasteiger partial charge on any atom is -0.356 e. The Morgan fingerprint density at radius 1 is 1.19 bits per heavy atom. The highest BCUT2D eigenvalue weighted by Crippen LogP contribution is 2.08. The van der Waals surface area contributed by atoms with Crippen LogP contribution in [0.5, 0.6) is 0 Å². The molecule has 0 atom stereocenters. The number of guanidine groups is 1. The second kappa shape index (κ2) is 16.7. The van der Waals surface area contributed by atoms with Gasteiger partial charge in [0.25, 0.3) is 0 Å². The highest BCUT2D eigenvalue weighted by atomic mass is 127. The van der Waals surface area contributed by atoms with Crippen molar-refractivity contribution in [2.24, 2.45) is 4.99 Å². The van der Waals surface area contributed by atoms with Crippen molar-refractivity contribution in [3.63, 3.8) is 0 Å². The molecule has 0 aliphatic carbocycles. The zero-order valence-electron chi connectivity index (χ0n) is 16.1. The molecular formula is C18H33IN4OS2. The topological polar surface area (TPSA) is 56.7 Å². The van der Waals surface area contributed by atoms with Gasteiger partial charge in [0.15, 0.2) is 5.96 Å². The molecular weight excluding hydrogens is 479 g/mol. The first-order valence-corrected chi connectivity index (χ1v) is 11.1. The number of carbonyl (C=O) groups is 1. The fourth-order valence-corrected chi connectivity index (χ4v) is 3.35. The van der Waals surface area contributed by atoms with Crippen LogP contribution in [0.15, 0.2) is 22.5 Å². The molecule has 0 saturated carbocycles. The second-order valence-electron chi connectivity index (χ2n) is 6.04. The Labute approximate surface area is 183 Å². The molecule has 1 heterocycles. The summed E-state index contributed by atoms with van der Waals surface area (Å²) in [5.74, 6) is 1.99. The molecule has 1 aromatic rings. The van der Waals surface area contributed by atoms with Gasteiger partial charge in [0.05, 0.1) is 0 Å². The minimum atomic E-state index is 0. The van der Waals surface area contributed by atoms with Crippen LogP contribution in [0.1, 0.15) is 30.6 Å². The standard InChI is InChI=1S/C18H32N4OS2.HI/c1-22(2)17(23)15-21-18(19-11-6-4-5-7-13-24-3)20-12-10-16-9-8-14-25-16;/h8-9,14H,4-7,10-13,15H2,1-3H3,(H2,19,20,21);1H. The molecule has 5 nitrogen and oxygen atoms in total. The van der Waals surface area contributed by atoms with Gasteiger partial charge in [0.2, 0.25) is 5.91 Å². The van der Waals surface area contributed by atoms with Crippen molar-refractivity contribution in [3.05, 3.63) is 22.4 Å². The highest BCUT2D eigenvalue weighted by Gasteiger charge is 2.04. The number of hydrogen-bond donors (Lipinski definition) is 2. The maximum Gasteiger partial charge on any atom is 0.243 e. The molecule has 0 aromatic carbocycles. The molecule has 0 aliphatic rings. The zero-order valence-corrected chi connectivity index (χ0v) is 20.1. The molecule has 26 heavy (non-hydrogen) atoms. The van der Waals surface area contributed by atoms with Gasteiger partial charge in [0, 0.05) is 32.1 Å². The molecule has 1 aromatic heterocycles. The number of amides is 1. The number of rotatable bonds is 12. The van der Waals surface area contributed by atoms with Gasteiger partial charge in [-0.2, -0.15) is 11.8 Å². The fraction of sp³-hybridized carbons (Fsp3) is 0.667. The van der Waals surface area contributed by atoms with E-state index >= 15 is 0 Å². The average molecular weight is 513 g/mol. The number of aliphatic imine (C=N–C) groups is 1. The van der Waals surface area contributed by atoms with Crippen LogP contribution in [0.25, 0.3) is 0 Å². The Hall–Kier alpha value is -0.480. The average Bonchev–Trinajstić information content (AvgIpc) is 3.11. The van der Waals surface area contributed by atoms with E-state index in [0.29, 0.717) is 0 Å². The summed E-state index contributed by atoms with van der Waals surface area (Å²) < 4.78 is 0. The van der Waals surface area contributed by atoms with Crippen molar-refractivity contribution in [1.29, 1.82) is 0 Å². The van der Waals surface area contributed by atoms with Gasteiger partial charge in [-0.15, -0.1) is 35.3 Å². The van der Waals surface area contributed by atoms with Crippen LogP contribution >= 0.6 is 47.1 Å². The van der Waals surface area contributed by atoms with E-state index in [4.69, 9.17) is 0 Å². The summed E-state index contributed by atoms with van der Waals surface area (Å²) in [6.45, 7) is 1.88. The van der Waals surface area contributed by atoms with Gasteiger partial charge in [0.1, 0.15) is 6.54 Å². The molecule has 0 bridgehead atoms. The van der Waals surface area contributed by atoms with Crippen molar-refractivity contribution < 1.29 is 4.79 Å². The van der Waals surface area contributed by atoms with Crippen LogP contribution in [0.4, 0.5) is 0 Å². The number of nitrogens with one attached hydrogen (secondary N) is 2. The Morgan fingerprint density at radius 2 is 1.92 bits per heavy atom. The van der Waals surface area contributed by atoms with E-state index in [1.54, 1.807) is 30.3 Å². The van der Waals surface area contributed by atoms with Gasteiger partial charge < -0.3 is 15.5 Å². The van der Waals surface area contributed by atoms with E-state index in [1.165, 1.54) is 29.9 Å². The third kappa shape index (κ3) is 12.8. The molecule has 0 saturated heterocycles. The van der Waals surface area contributed by atoms with Gasteiger partial charge in [-0.05, 0) is 42.7 Å². The molecule has 2 N–H and O–H groups in total. The lowest BCUT2D eigenvalue weighted by Gasteiger charge is -2.13. The van der Waals surface area contributed by atoms with Gasteiger partial charge in [-0.1, -0.05) is 18.9 Å². The van der Waals surface area contributed by atoms with E-state index in [2.05, 4.69) is 39.4 Å². The van der Waals surface area contributed by atoms with Crippen molar-refractivity contribution in [2.45, 2.75) is 32.1 Å². The highest BCUT2D eigenvalue weighted by molar-refractivity contribution is 14.0. The van der Waals surface area contributed by atoms with E-state index in [1.807, 2.05) is 11.8 Å². The number of hydrogen-bond acceptors (Lipinski definition) is 4. The van der Waals surface area contributed by atoms with Crippen LogP contribution in [-0.4, -0.2) is 62.5 Å². The van der Waals surface area contributed by atoms with E-state index in [-0.39, 0.29) is 36.4 Å². The Kier molecular flexibility index (Phi) is 16.4. The zero-order chi connectivity index (χ0) is 18.3. The molecule has 0 unspecified atom stereocenters. The first-order chi connectivity index (χ1) is 12.1. The van der Waals surface area contributed by atoms with Gasteiger partial charge in [-0.3, -0.25) is 4.79 Å². The summed E-state index contributed by atoms with van der Waals surface area (Å²) in [4.78, 5) is 19.1. The predicted molar refractivity (Wildman–Crippen MR) is 127 cm³/mol. The summed E-state index contributed by atoms with van der Waals surface area (Å²) in [5, 5.41) is 8.78. The van der Waals surface area contributed by atoms with Crippen LogP contribution in [-0.2, 0) is 11.2 Å². The van der Waals surface area contributed by atoms with Crippen molar-refractivity contribution in [1.82, 2.24) is 15.5 Å². The number of thioether (sulfide) groups is 1. The third-order valence-electron chi connectivity index (χ3n) is 3.68. The number of likely N-dealkylation sites (N-methyl/N-ethyl adjacent to an activating group) is 1. The largest absolute Gasteiger partial charge is 0.356 e. The molecule has 1 rings (SSSR count). The molecule has 1 amide bonds. The fourth-order valence-electron chi connectivity index (χ4n) is 2.15. The molecule has 0 radical (unpaired) electrons. The Morgan fingerprint density at radius 3 is 2.58 bits per heavy atom. The summed E-state index contributed by atoms with van der Waals surface area (Å²) in [5.41, 5.74) is 0. The molecule has 8 heteroatoms. The monoisotopic (exact) mass is 512 g/mol. The summed E-state index contributed by atoms with van der Waals surface area (Å²) >= 11 is 3.67. The van der Waals surface area contributed by atoms with Crippen LogP contribution in [0, 0.1) is 0 Å². The molecule has 150 valence electrons. The van der Waals surface area contributed by atoms with E-state index in [0.717, 1.165) is 31.9 Å². The number of thiophene rings is 1. The van der Waals surface area contributed by atoms with E-state index < -0.39 is 0 Å². The Balaban J connectivity index is 0.00000625. The van der Waals surface area contributed by atoms with Crippen molar-refractivity contribution in [3.8, 4) is 0 Å². The molecule has 0 spiro atoms. The number of nitrogens with zero attached hydrogens (tertiary/aromatic N) is 2. The Bertz CT molecular complexity index is 495. The van der Waals surface area contributed by atoms with E-state index in [9.17, 15) is 4.79 Å². The lowest BCUT2D eigenvalue weighted by atomic mass is 10.2. The van der Waals surface area contributed by atoms with Crippen LogP contribution in [0.2, 0.25) is 0 Å². The summed E-state index contributed by atoms with van der Waals surface area (Å²) in [6.07, 6.45) is 8.04. The lowest BCUT2D eigenvalue weighted by Crippen LogP contribution is -2.39. The lowest BCUT2D eigenvalue weighted by molar-refractivity contribution is -0.127. The smallest absolute Gasteiger partial charge is 0.243 e. The van der Waals surface area contributed by atoms with Crippen molar-refractivity contribution >= 4 is 58.9 Å². The van der Waals surface area contributed by atoms with Gasteiger partial charge in [-0.25, -0.2) is 4.99 Å². The summed E-state index contributed by atoms with van der Waals surface area (Å²) in [6, 6.07) is 4.21. The normalized spacial score (nSPS) is 11.0. The molecule has 0 aliphatic heterocycles. The number of carbonyl (C=O) groups excluding carboxylic acids is 1. The quantitative estimate of drug-likeness (QED) is 0.195. The third-order valence-corrected chi connectivity index (χ3v) is 5.32. The summed E-state index contributed by atoms with van der Waals surface area (Å²) in [7, 11) is 3.51. The van der Waals surface area contributed by atoms with Crippen LogP contribution < -0.4 is 10.6 Å². The maximum absolute atomic E-state index is 11.7.